The number of carbonyl (C=O) groups is 1. The molecule has 4 rings (SSSR count). The SMILES string of the molecule is O=C(Oc1ccc(/C=N/Nc2nc3ccccc3s2)cc1)c1cccc(Br)c1. The second-order valence-corrected chi connectivity index (χ2v) is 7.77. The van der Waals surface area contributed by atoms with Crippen LogP contribution in [0.3, 0.4) is 0 Å². The number of anilines is 1. The summed E-state index contributed by atoms with van der Waals surface area (Å²) in [6.45, 7) is 0. The molecule has 5 nitrogen and oxygen atoms in total. The number of rotatable bonds is 5. The molecule has 0 atom stereocenters. The fraction of sp³-hybridized carbons (Fsp3) is 0. The van der Waals surface area contributed by atoms with E-state index in [-0.39, 0.29) is 0 Å². The van der Waals surface area contributed by atoms with Crippen molar-refractivity contribution in [3.63, 3.8) is 0 Å². The van der Waals surface area contributed by atoms with Crippen LogP contribution in [0, 0.1) is 0 Å². The Labute approximate surface area is 173 Å². The van der Waals surface area contributed by atoms with Crippen molar-refractivity contribution in [1.29, 1.82) is 0 Å². The van der Waals surface area contributed by atoms with E-state index in [2.05, 4.69) is 31.4 Å². The van der Waals surface area contributed by atoms with Gasteiger partial charge in [0.25, 0.3) is 0 Å². The molecule has 7 heteroatoms. The van der Waals surface area contributed by atoms with Gasteiger partial charge in [0, 0.05) is 4.47 Å². The number of esters is 1. The van der Waals surface area contributed by atoms with Gasteiger partial charge in [0.2, 0.25) is 5.13 Å². The molecule has 0 amide bonds. The Kier molecular flexibility index (Phi) is 5.45. The van der Waals surface area contributed by atoms with Gasteiger partial charge in [0.15, 0.2) is 0 Å². The number of para-hydroxylation sites is 1. The zero-order valence-corrected chi connectivity index (χ0v) is 16.9. The first-order valence-corrected chi connectivity index (χ1v) is 10.0. The molecule has 0 saturated carbocycles. The number of ether oxygens (including phenoxy) is 1. The maximum atomic E-state index is 12.2. The van der Waals surface area contributed by atoms with E-state index >= 15 is 0 Å². The number of fused-ring (bicyclic) bond motifs is 1. The van der Waals surface area contributed by atoms with Crippen molar-refractivity contribution in [3.8, 4) is 5.75 Å². The molecule has 1 N–H and O–H groups in total. The first kappa shape index (κ1) is 18.3. The van der Waals surface area contributed by atoms with Crippen LogP contribution in [0.4, 0.5) is 5.13 Å². The van der Waals surface area contributed by atoms with Crippen LogP contribution in [0.1, 0.15) is 15.9 Å². The normalized spacial score (nSPS) is 11.0. The molecule has 0 aliphatic rings. The summed E-state index contributed by atoms with van der Waals surface area (Å²) in [4.78, 5) is 16.6. The lowest BCUT2D eigenvalue weighted by molar-refractivity contribution is 0.0734. The lowest BCUT2D eigenvalue weighted by Crippen LogP contribution is -2.08. The van der Waals surface area contributed by atoms with Crippen molar-refractivity contribution < 1.29 is 9.53 Å². The third-order valence-corrected chi connectivity index (χ3v) is 5.25. The summed E-state index contributed by atoms with van der Waals surface area (Å²) in [5.74, 6) is 0.0708. The van der Waals surface area contributed by atoms with Gasteiger partial charge in [-0.15, -0.1) is 0 Å². The molecule has 1 heterocycles. The fourth-order valence-corrected chi connectivity index (χ4v) is 3.70. The molecule has 0 spiro atoms. The van der Waals surface area contributed by atoms with Gasteiger partial charge in [0.05, 0.1) is 22.0 Å². The van der Waals surface area contributed by atoms with E-state index in [0.717, 1.165) is 25.4 Å². The number of aromatic nitrogens is 1. The first-order chi connectivity index (χ1) is 13.7. The highest BCUT2D eigenvalue weighted by molar-refractivity contribution is 9.10. The van der Waals surface area contributed by atoms with Gasteiger partial charge in [-0.05, 0) is 60.2 Å². The number of thiazole rings is 1. The molecule has 0 bridgehead atoms. The van der Waals surface area contributed by atoms with E-state index in [1.165, 1.54) is 0 Å². The average Bonchev–Trinajstić information content (AvgIpc) is 3.12. The topological polar surface area (TPSA) is 63.6 Å². The van der Waals surface area contributed by atoms with Crippen LogP contribution in [0.15, 0.2) is 82.4 Å². The van der Waals surface area contributed by atoms with Gasteiger partial charge >= 0.3 is 5.97 Å². The molecule has 1 aromatic heterocycles. The van der Waals surface area contributed by atoms with Crippen molar-refractivity contribution in [2.45, 2.75) is 0 Å². The largest absolute Gasteiger partial charge is 0.423 e. The molecule has 0 saturated heterocycles. The van der Waals surface area contributed by atoms with Gasteiger partial charge in [0.1, 0.15) is 5.75 Å². The highest BCUT2D eigenvalue weighted by Crippen LogP contribution is 2.25. The molecule has 0 fully saturated rings. The summed E-state index contributed by atoms with van der Waals surface area (Å²) in [7, 11) is 0. The summed E-state index contributed by atoms with van der Waals surface area (Å²) in [5, 5.41) is 4.95. The lowest BCUT2D eigenvalue weighted by atomic mass is 10.2. The van der Waals surface area contributed by atoms with E-state index in [1.807, 2.05) is 42.5 Å². The maximum absolute atomic E-state index is 12.2. The minimum Gasteiger partial charge on any atom is -0.423 e. The Balaban J connectivity index is 1.37. The van der Waals surface area contributed by atoms with Crippen molar-refractivity contribution in [3.05, 3.63) is 88.4 Å². The second-order valence-electron chi connectivity index (χ2n) is 5.83. The van der Waals surface area contributed by atoms with Crippen molar-refractivity contribution in [1.82, 2.24) is 4.98 Å². The number of halogens is 1. The summed E-state index contributed by atoms with van der Waals surface area (Å²) in [5.41, 5.74) is 5.25. The number of hydrazone groups is 1. The minimum absolute atomic E-state index is 0.403. The van der Waals surface area contributed by atoms with Crippen LogP contribution in [0.5, 0.6) is 5.75 Å². The quantitative estimate of drug-likeness (QED) is 0.182. The Morgan fingerprint density at radius 1 is 1.07 bits per heavy atom. The Bertz CT molecular complexity index is 1120. The molecule has 0 radical (unpaired) electrons. The monoisotopic (exact) mass is 451 g/mol. The highest BCUT2D eigenvalue weighted by atomic mass is 79.9. The smallest absolute Gasteiger partial charge is 0.343 e. The Morgan fingerprint density at radius 3 is 2.68 bits per heavy atom. The van der Waals surface area contributed by atoms with Crippen LogP contribution in [-0.4, -0.2) is 17.2 Å². The van der Waals surface area contributed by atoms with Crippen LogP contribution < -0.4 is 10.2 Å². The predicted molar refractivity (Wildman–Crippen MR) is 116 cm³/mol. The second kappa shape index (κ2) is 8.33. The van der Waals surface area contributed by atoms with Crippen LogP contribution in [-0.2, 0) is 0 Å². The van der Waals surface area contributed by atoms with Crippen LogP contribution >= 0.6 is 27.3 Å². The van der Waals surface area contributed by atoms with Crippen LogP contribution in [0.2, 0.25) is 0 Å². The summed E-state index contributed by atoms with van der Waals surface area (Å²) < 4.78 is 7.33. The van der Waals surface area contributed by atoms with E-state index in [0.29, 0.717) is 11.3 Å². The van der Waals surface area contributed by atoms with Crippen molar-refractivity contribution in [2.24, 2.45) is 5.10 Å². The highest BCUT2D eigenvalue weighted by Gasteiger charge is 2.08. The average molecular weight is 452 g/mol. The van der Waals surface area contributed by atoms with Gasteiger partial charge in [-0.3, -0.25) is 5.43 Å². The molecule has 0 aliphatic carbocycles. The minimum atomic E-state index is -0.403. The predicted octanol–water partition coefficient (Wildman–Crippen LogP) is 5.72. The molecular weight excluding hydrogens is 438 g/mol. The van der Waals surface area contributed by atoms with E-state index in [4.69, 9.17) is 4.74 Å². The van der Waals surface area contributed by atoms with E-state index < -0.39 is 5.97 Å². The zero-order valence-electron chi connectivity index (χ0n) is 14.5. The third-order valence-electron chi connectivity index (χ3n) is 3.82. The number of nitrogens with one attached hydrogen (secondary N) is 1. The van der Waals surface area contributed by atoms with Gasteiger partial charge in [-0.25, -0.2) is 9.78 Å². The van der Waals surface area contributed by atoms with Crippen molar-refractivity contribution in [2.75, 3.05) is 5.43 Å². The van der Waals surface area contributed by atoms with Crippen LogP contribution in [0.25, 0.3) is 10.2 Å². The Morgan fingerprint density at radius 2 is 1.89 bits per heavy atom. The Hall–Kier alpha value is -3.03. The zero-order chi connectivity index (χ0) is 19.3. The molecular formula is C21H14BrN3O2S. The molecule has 3 aromatic carbocycles. The number of benzene rings is 3. The number of carbonyl (C=O) groups excluding carboxylic acids is 1. The molecule has 28 heavy (non-hydrogen) atoms. The van der Waals surface area contributed by atoms with Gasteiger partial charge in [-0.1, -0.05) is 45.5 Å². The first-order valence-electron chi connectivity index (χ1n) is 8.40. The number of hydrogen-bond donors (Lipinski definition) is 1. The third kappa shape index (κ3) is 4.44. The molecule has 0 unspecified atom stereocenters. The number of nitrogens with zero attached hydrogens (tertiary/aromatic N) is 2. The van der Waals surface area contributed by atoms with E-state index in [1.54, 1.807) is 47.9 Å². The molecule has 0 aliphatic heterocycles. The fourth-order valence-electron chi connectivity index (χ4n) is 2.49. The van der Waals surface area contributed by atoms with Crippen molar-refractivity contribution >= 4 is 54.8 Å². The lowest BCUT2D eigenvalue weighted by Gasteiger charge is -2.05. The standard InChI is InChI=1S/C21H14BrN3O2S/c22-16-5-3-4-15(12-16)20(26)27-17-10-8-14(9-11-17)13-23-25-21-24-18-6-1-2-7-19(18)28-21/h1-13H,(H,24,25)/b23-13+. The molecule has 4 aromatic rings. The summed E-state index contributed by atoms with van der Waals surface area (Å²) >= 11 is 4.89. The van der Waals surface area contributed by atoms with E-state index in [9.17, 15) is 4.79 Å². The number of hydrogen-bond acceptors (Lipinski definition) is 6. The summed E-state index contributed by atoms with van der Waals surface area (Å²) in [6, 6.07) is 22.1. The summed E-state index contributed by atoms with van der Waals surface area (Å²) in [6.07, 6.45) is 1.69. The van der Waals surface area contributed by atoms with Gasteiger partial charge < -0.3 is 4.74 Å². The maximum Gasteiger partial charge on any atom is 0.343 e. The van der Waals surface area contributed by atoms with Gasteiger partial charge in [-0.2, -0.15) is 5.10 Å². The molecule has 138 valence electrons.